The Morgan fingerprint density at radius 3 is 2.43 bits per heavy atom. The van der Waals surface area contributed by atoms with Crippen LogP contribution in [0.5, 0.6) is 0 Å². The fraction of sp³-hybridized carbons (Fsp3) is 0.500. The molecule has 5 nitrogen and oxygen atoms in total. The van der Waals surface area contributed by atoms with Crippen molar-refractivity contribution in [3.63, 3.8) is 0 Å². The van der Waals surface area contributed by atoms with E-state index in [-0.39, 0.29) is 28.9 Å². The number of carbonyl (C=O) groups is 2. The molecule has 0 saturated heterocycles. The van der Waals surface area contributed by atoms with E-state index in [4.69, 9.17) is 11.6 Å². The number of hydrogen-bond donors (Lipinski definition) is 3. The van der Waals surface area contributed by atoms with Gasteiger partial charge in [0.15, 0.2) is 0 Å². The quantitative estimate of drug-likeness (QED) is 0.666. The summed E-state index contributed by atoms with van der Waals surface area (Å²) in [7, 11) is 0. The van der Waals surface area contributed by atoms with Gasteiger partial charge in [0, 0.05) is 24.0 Å². The first kappa shape index (κ1) is 19.2. The van der Waals surface area contributed by atoms with Crippen LogP contribution in [0.2, 0.25) is 5.02 Å². The Bertz CT molecular complexity index is 552. The highest BCUT2D eigenvalue weighted by molar-refractivity contribution is 6.31. The third-order valence-corrected chi connectivity index (χ3v) is 3.57. The van der Waals surface area contributed by atoms with E-state index in [9.17, 15) is 14.0 Å². The maximum Gasteiger partial charge on any atom is 0.315 e. The highest BCUT2D eigenvalue weighted by Gasteiger charge is 2.13. The zero-order chi connectivity index (χ0) is 17.4. The smallest absolute Gasteiger partial charge is 0.315 e. The monoisotopic (exact) mass is 343 g/mol. The molecule has 0 unspecified atom stereocenters. The van der Waals surface area contributed by atoms with E-state index in [1.165, 1.54) is 12.1 Å². The first-order chi connectivity index (χ1) is 10.8. The molecule has 3 N–H and O–H groups in total. The Hall–Kier alpha value is -1.82. The third kappa shape index (κ3) is 6.86. The lowest BCUT2D eigenvalue weighted by atomic mass is 10.1. The number of nitrogens with one attached hydrogen (secondary N) is 3. The van der Waals surface area contributed by atoms with Crippen LogP contribution in [-0.4, -0.2) is 25.0 Å². The number of halogens is 2. The highest BCUT2D eigenvalue weighted by Crippen LogP contribution is 2.23. The molecule has 0 aliphatic heterocycles. The Kier molecular flexibility index (Phi) is 7.81. The van der Waals surface area contributed by atoms with Crippen molar-refractivity contribution in [3.8, 4) is 0 Å². The predicted octanol–water partition coefficient (Wildman–Crippen LogP) is 3.00. The molecule has 0 aromatic heterocycles. The standard InChI is InChI=1S/C16H23ClFN3O2/c1-10(2)15(22)19-7-4-8-20-16(23)21-11(3)13-6-5-12(18)9-14(13)17/h5-6,9-11H,4,7-8H2,1-3H3,(H,19,22)(H2,20,21,23)/t11-/m0/s1. The van der Waals surface area contributed by atoms with E-state index in [0.717, 1.165) is 0 Å². The predicted molar refractivity (Wildman–Crippen MR) is 88.8 cm³/mol. The molecular formula is C16H23ClFN3O2. The molecule has 23 heavy (non-hydrogen) atoms. The summed E-state index contributed by atoms with van der Waals surface area (Å²) in [6.07, 6.45) is 0.636. The highest BCUT2D eigenvalue weighted by atomic mass is 35.5. The van der Waals surface area contributed by atoms with Gasteiger partial charge in [0.1, 0.15) is 5.82 Å². The fourth-order valence-electron chi connectivity index (χ4n) is 1.88. The van der Waals surface area contributed by atoms with E-state index >= 15 is 0 Å². The van der Waals surface area contributed by atoms with Crippen LogP contribution < -0.4 is 16.0 Å². The Morgan fingerprint density at radius 2 is 1.83 bits per heavy atom. The molecule has 0 spiro atoms. The SMILES string of the molecule is CC(C)C(=O)NCCCNC(=O)N[C@@H](C)c1ccc(F)cc1Cl. The zero-order valence-electron chi connectivity index (χ0n) is 13.6. The molecular weight excluding hydrogens is 321 g/mol. The van der Waals surface area contributed by atoms with Gasteiger partial charge in [-0.1, -0.05) is 31.5 Å². The van der Waals surface area contributed by atoms with Crippen LogP contribution in [-0.2, 0) is 4.79 Å². The summed E-state index contributed by atoms with van der Waals surface area (Å²) < 4.78 is 13.0. The second-order valence-corrected chi connectivity index (χ2v) is 5.99. The van der Waals surface area contributed by atoms with Crippen LogP contribution in [0.1, 0.15) is 38.8 Å². The maximum absolute atomic E-state index is 13.0. The number of rotatable bonds is 7. The number of urea groups is 1. The molecule has 0 bridgehead atoms. The summed E-state index contributed by atoms with van der Waals surface area (Å²) in [5.74, 6) is -0.472. The van der Waals surface area contributed by atoms with Gasteiger partial charge in [-0.3, -0.25) is 4.79 Å². The number of carbonyl (C=O) groups excluding carboxylic acids is 2. The first-order valence-electron chi connectivity index (χ1n) is 7.58. The van der Waals surface area contributed by atoms with E-state index in [0.29, 0.717) is 25.1 Å². The van der Waals surface area contributed by atoms with Gasteiger partial charge in [-0.05, 0) is 31.0 Å². The van der Waals surface area contributed by atoms with Gasteiger partial charge < -0.3 is 16.0 Å². The minimum atomic E-state index is -0.418. The summed E-state index contributed by atoms with van der Waals surface area (Å²) in [6.45, 7) is 6.36. The molecule has 0 aliphatic carbocycles. The second kappa shape index (κ2) is 9.35. The van der Waals surface area contributed by atoms with E-state index < -0.39 is 5.82 Å². The molecule has 1 atom stereocenters. The average Bonchev–Trinajstić information content (AvgIpc) is 2.46. The van der Waals surface area contributed by atoms with Crippen LogP contribution >= 0.6 is 11.6 Å². The van der Waals surface area contributed by atoms with Crippen molar-refractivity contribution in [3.05, 3.63) is 34.6 Å². The number of amides is 3. The fourth-order valence-corrected chi connectivity index (χ4v) is 2.22. The molecule has 0 heterocycles. The summed E-state index contributed by atoms with van der Waals surface area (Å²) in [5, 5.41) is 8.47. The molecule has 3 amide bonds. The molecule has 0 fully saturated rings. The van der Waals surface area contributed by atoms with E-state index in [2.05, 4.69) is 16.0 Å². The maximum atomic E-state index is 13.0. The first-order valence-corrected chi connectivity index (χ1v) is 7.96. The van der Waals surface area contributed by atoms with Crippen molar-refractivity contribution in [2.24, 2.45) is 5.92 Å². The Balaban J connectivity index is 2.29. The van der Waals surface area contributed by atoms with Crippen molar-refractivity contribution in [2.45, 2.75) is 33.2 Å². The van der Waals surface area contributed by atoms with Crippen LogP contribution in [0.4, 0.5) is 9.18 Å². The minimum absolute atomic E-state index is 0.00553. The molecule has 0 saturated carbocycles. The lowest BCUT2D eigenvalue weighted by molar-refractivity contribution is -0.123. The lowest BCUT2D eigenvalue weighted by Crippen LogP contribution is -2.38. The minimum Gasteiger partial charge on any atom is -0.356 e. The average molecular weight is 344 g/mol. The van der Waals surface area contributed by atoms with Crippen molar-refractivity contribution < 1.29 is 14.0 Å². The number of hydrogen-bond acceptors (Lipinski definition) is 2. The van der Waals surface area contributed by atoms with Gasteiger partial charge in [-0.2, -0.15) is 0 Å². The van der Waals surface area contributed by atoms with E-state index in [1.54, 1.807) is 13.0 Å². The summed E-state index contributed by atoms with van der Waals surface area (Å²) in [6, 6.07) is 3.38. The third-order valence-electron chi connectivity index (χ3n) is 3.24. The largest absolute Gasteiger partial charge is 0.356 e. The van der Waals surface area contributed by atoms with Crippen molar-refractivity contribution >= 4 is 23.5 Å². The van der Waals surface area contributed by atoms with Gasteiger partial charge in [0.2, 0.25) is 5.91 Å². The van der Waals surface area contributed by atoms with Gasteiger partial charge >= 0.3 is 6.03 Å². The lowest BCUT2D eigenvalue weighted by Gasteiger charge is -2.16. The zero-order valence-corrected chi connectivity index (χ0v) is 14.3. The summed E-state index contributed by atoms with van der Waals surface area (Å²) >= 11 is 5.96. The topological polar surface area (TPSA) is 70.2 Å². The van der Waals surface area contributed by atoms with Crippen LogP contribution in [0, 0.1) is 11.7 Å². The number of benzene rings is 1. The Morgan fingerprint density at radius 1 is 1.17 bits per heavy atom. The van der Waals surface area contributed by atoms with Crippen LogP contribution in [0.3, 0.4) is 0 Å². The molecule has 0 radical (unpaired) electrons. The second-order valence-electron chi connectivity index (χ2n) is 5.59. The molecule has 0 aliphatic rings. The molecule has 1 aromatic rings. The van der Waals surface area contributed by atoms with Gasteiger partial charge in [0.05, 0.1) is 6.04 Å². The molecule has 128 valence electrons. The van der Waals surface area contributed by atoms with Crippen LogP contribution in [0.25, 0.3) is 0 Å². The van der Waals surface area contributed by atoms with E-state index in [1.807, 2.05) is 13.8 Å². The summed E-state index contributed by atoms with van der Waals surface area (Å²) in [4.78, 5) is 23.1. The van der Waals surface area contributed by atoms with Gasteiger partial charge in [-0.15, -0.1) is 0 Å². The van der Waals surface area contributed by atoms with Crippen molar-refractivity contribution in [1.29, 1.82) is 0 Å². The molecule has 1 aromatic carbocycles. The molecule has 7 heteroatoms. The normalized spacial score (nSPS) is 11.9. The van der Waals surface area contributed by atoms with Crippen molar-refractivity contribution in [1.82, 2.24) is 16.0 Å². The molecule has 1 rings (SSSR count). The summed E-state index contributed by atoms with van der Waals surface area (Å²) in [5.41, 5.74) is 0.646. The van der Waals surface area contributed by atoms with Gasteiger partial charge in [-0.25, -0.2) is 9.18 Å². The van der Waals surface area contributed by atoms with Gasteiger partial charge in [0.25, 0.3) is 0 Å². The van der Waals surface area contributed by atoms with Crippen LogP contribution in [0.15, 0.2) is 18.2 Å². The van der Waals surface area contributed by atoms with Crippen molar-refractivity contribution in [2.75, 3.05) is 13.1 Å². The Labute approximate surface area is 141 Å².